The summed E-state index contributed by atoms with van der Waals surface area (Å²) in [5.74, 6) is 0.835. The normalized spacial score (nSPS) is 17.7. The van der Waals surface area contributed by atoms with Crippen LogP contribution in [0.2, 0.25) is 5.02 Å². The fourth-order valence-electron chi connectivity index (χ4n) is 3.28. The lowest BCUT2D eigenvalue weighted by molar-refractivity contribution is 0.0610. The van der Waals surface area contributed by atoms with E-state index >= 15 is 0 Å². The van der Waals surface area contributed by atoms with Crippen LogP contribution in [0.1, 0.15) is 49.1 Å². The summed E-state index contributed by atoms with van der Waals surface area (Å²) in [6.45, 7) is 3.26. The smallest absolute Gasteiger partial charge is 0.293 e. The summed E-state index contributed by atoms with van der Waals surface area (Å²) < 4.78 is 1.69. The summed E-state index contributed by atoms with van der Waals surface area (Å²) in [4.78, 5) is 19.3. The Bertz CT molecular complexity index is 745. The molecule has 1 aromatic carbocycles. The molecule has 0 saturated carbocycles. The van der Waals surface area contributed by atoms with Crippen molar-refractivity contribution in [2.75, 3.05) is 13.1 Å². The maximum atomic E-state index is 13.0. The van der Waals surface area contributed by atoms with E-state index in [0.29, 0.717) is 18.1 Å². The quantitative estimate of drug-likeness (QED) is 0.888. The molecule has 7 heteroatoms. The summed E-state index contributed by atoms with van der Waals surface area (Å²) in [6, 6.07) is 7.53. The Morgan fingerprint density at radius 1 is 1.36 bits per heavy atom. The second-order valence-electron chi connectivity index (χ2n) is 6.35. The number of amides is 1. The fraction of sp³-hybridized carbons (Fsp3) is 0.500. The van der Waals surface area contributed by atoms with Crippen LogP contribution in [-0.4, -0.2) is 44.7 Å². The van der Waals surface area contributed by atoms with Gasteiger partial charge in [0, 0.05) is 25.6 Å². The van der Waals surface area contributed by atoms with Crippen molar-refractivity contribution in [3.63, 3.8) is 0 Å². The maximum absolute atomic E-state index is 13.0. The number of nitrogens with two attached hydrogens (primary N) is 1. The van der Waals surface area contributed by atoms with Crippen LogP contribution in [0.25, 0.3) is 5.69 Å². The number of piperidine rings is 1. The van der Waals surface area contributed by atoms with Crippen molar-refractivity contribution in [1.82, 2.24) is 19.7 Å². The summed E-state index contributed by atoms with van der Waals surface area (Å²) >= 11 is 6.31. The Labute approximate surface area is 153 Å². The number of aromatic nitrogens is 3. The van der Waals surface area contributed by atoms with Crippen molar-refractivity contribution in [3.8, 4) is 5.69 Å². The summed E-state index contributed by atoms with van der Waals surface area (Å²) in [6.07, 6.45) is 4.68. The first-order valence-corrected chi connectivity index (χ1v) is 9.25. The molecular weight excluding hydrogens is 338 g/mol. The van der Waals surface area contributed by atoms with Gasteiger partial charge in [-0.25, -0.2) is 9.67 Å². The molecule has 0 spiro atoms. The van der Waals surface area contributed by atoms with E-state index in [-0.39, 0.29) is 17.8 Å². The Morgan fingerprint density at radius 2 is 2.16 bits per heavy atom. The van der Waals surface area contributed by atoms with Crippen LogP contribution in [0.15, 0.2) is 24.3 Å². The summed E-state index contributed by atoms with van der Waals surface area (Å²) in [7, 11) is 0. The minimum atomic E-state index is -0.140. The van der Waals surface area contributed by atoms with Crippen LogP contribution >= 0.6 is 11.6 Å². The molecule has 6 nitrogen and oxygen atoms in total. The third kappa shape index (κ3) is 3.70. The van der Waals surface area contributed by atoms with Gasteiger partial charge < -0.3 is 10.6 Å². The second-order valence-corrected chi connectivity index (χ2v) is 6.76. The lowest BCUT2D eigenvalue weighted by atomic mass is 10.0. The fourth-order valence-corrected chi connectivity index (χ4v) is 3.49. The lowest BCUT2D eigenvalue weighted by Gasteiger charge is -2.34. The van der Waals surface area contributed by atoms with Crippen LogP contribution < -0.4 is 5.73 Å². The van der Waals surface area contributed by atoms with Gasteiger partial charge in [-0.1, -0.05) is 30.7 Å². The van der Waals surface area contributed by atoms with E-state index in [9.17, 15) is 4.79 Å². The van der Waals surface area contributed by atoms with Crippen LogP contribution in [-0.2, 0) is 6.42 Å². The molecule has 1 aliphatic rings. The van der Waals surface area contributed by atoms with Crippen molar-refractivity contribution >= 4 is 17.5 Å². The van der Waals surface area contributed by atoms with Gasteiger partial charge in [-0.3, -0.25) is 4.79 Å². The van der Waals surface area contributed by atoms with Gasteiger partial charge in [0.15, 0.2) is 0 Å². The highest BCUT2D eigenvalue weighted by atomic mass is 35.5. The highest BCUT2D eigenvalue weighted by molar-refractivity contribution is 6.32. The summed E-state index contributed by atoms with van der Waals surface area (Å²) in [5.41, 5.74) is 6.59. The standard InChI is InChI=1S/C18H24ClN5O/c1-2-7-16-21-17(18(25)23-11-6-5-8-13(23)12-20)22-24(16)15-10-4-3-9-14(15)19/h3-4,9-10,13H,2,5-8,11-12,20H2,1H3. The molecule has 1 saturated heterocycles. The number of rotatable bonds is 5. The first-order chi connectivity index (χ1) is 12.2. The van der Waals surface area contributed by atoms with E-state index < -0.39 is 0 Å². The van der Waals surface area contributed by atoms with Gasteiger partial charge in [-0.2, -0.15) is 0 Å². The molecule has 1 aliphatic heterocycles. The largest absolute Gasteiger partial charge is 0.332 e. The third-order valence-electron chi connectivity index (χ3n) is 4.58. The van der Waals surface area contributed by atoms with Crippen LogP contribution in [0.5, 0.6) is 0 Å². The van der Waals surface area contributed by atoms with Gasteiger partial charge in [-0.15, -0.1) is 5.10 Å². The molecule has 134 valence electrons. The predicted octanol–water partition coefficient (Wildman–Crippen LogP) is 2.83. The molecule has 1 unspecified atom stereocenters. The Hall–Kier alpha value is -1.92. The molecule has 25 heavy (non-hydrogen) atoms. The second kappa shape index (κ2) is 7.97. The molecule has 2 aromatic rings. The molecular formula is C18H24ClN5O. The van der Waals surface area contributed by atoms with Crippen molar-refractivity contribution in [2.24, 2.45) is 5.73 Å². The molecule has 0 aliphatic carbocycles. The molecule has 3 rings (SSSR count). The van der Waals surface area contributed by atoms with E-state index in [4.69, 9.17) is 17.3 Å². The van der Waals surface area contributed by atoms with Gasteiger partial charge >= 0.3 is 0 Å². The highest BCUT2D eigenvalue weighted by Crippen LogP contribution is 2.23. The van der Waals surface area contributed by atoms with Crippen molar-refractivity contribution < 1.29 is 4.79 Å². The van der Waals surface area contributed by atoms with Gasteiger partial charge in [0.05, 0.1) is 10.7 Å². The number of nitrogens with zero attached hydrogens (tertiary/aromatic N) is 4. The number of halogens is 1. The maximum Gasteiger partial charge on any atom is 0.293 e. The minimum absolute atomic E-state index is 0.0724. The zero-order valence-electron chi connectivity index (χ0n) is 14.5. The lowest BCUT2D eigenvalue weighted by Crippen LogP contribution is -2.47. The van der Waals surface area contributed by atoms with Crippen LogP contribution in [0, 0.1) is 0 Å². The molecule has 1 atom stereocenters. The SMILES string of the molecule is CCCc1nc(C(=O)N2CCCCC2CN)nn1-c1ccccc1Cl. The average molecular weight is 362 g/mol. The number of benzene rings is 1. The van der Waals surface area contributed by atoms with Crippen LogP contribution in [0.4, 0.5) is 0 Å². The Morgan fingerprint density at radius 3 is 2.88 bits per heavy atom. The van der Waals surface area contributed by atoms with Gasteiger partial charge in [0.2, 0.25) is 5.82 Å². The number of para-hydroxylation sites is 1. The number of aryl methyl sites for hydroxylation is 1. The number of hydrogen-bond donors (Lipinski definition) is 1. The number of carbonyl (C=O) groups excluding carboxylic acids is 1. The van der Waals surface area contributed by atoms with Gasteiger partial charge in [0.1, 0.15) is 5.82 Å². The number of hydrogen-bond acceptors (Lipinski definition) is 4. The monoisotopic (exact) mass is 361 g/mol. The number of likely N-dealkylation sites (tertiary alicyclic amines) is 1. The van der Waals surface area contributed by atoms with E-state index in [1.165, 1.54) is 0 Å². The molecule has 1 amide bonds. The van der Waals surface area contributed by atoms with Crippen molar-refractivity contribution in [2.45, 2.75) is 45.1 Å². The molecule has 0 radical (unpaired) electrons. The Balaban J connectivity index is 1.96. The van der Waals surface area contributed by atoms with E-state index in [0.717, 1.165) is 43.6 Å². The number of carbonyl (C=O) groups is 1. The van der Waals surface area contributed by atoms with E-state index in [1.54, 1.807) is 4.68 Å². The minimum Gasteiger partial charge on any atom is -0.332 e. The zero-order chi connectivity index (χ0) is 17.8. The molecule has 0 bridgehead atoms. The van der Waals surface area contributed by atoms with Gasteiger partial charge in [-0.05, 0) is 37.8 Å². The van der Waals surface area contributed by atoms with Crippen molar-refractivity contribution in [3.05, 3.63) is 40.9 Å². The summed E-state index contributed by atoms with van der Waals surface area (Å²) in [5, 5.41) is 5.08. The highest BCUT2D eigenvalue weighted by Gasteiger charge is 2.29. The zero-order valence-corrected chi connectivity index (χ0v) is 15.2. The predicted molar refractivity (Wildman–Crippen MR) is 98.1 cm³/mol. The first-order valence-electron chi connectivity index (χ1n) is 8.87. The Kier molecular flexibility index (Phi) is 5.71. The first kappa shape index (κ1) is 17.9. The topological polar surface area (TPSA) is 77.0 Å². The molecule has 1 fully saturated rings. The van der Waals surface area contributed by atoms with E-state index in [2.05, 4.69) is 17.0 Å². The average Bonchev–Trinajstić information content (AvgIpc) is 3.05. The third-order valence-corrected chi connectivity index (χ3v) is 4.90. The molecule has 2 heterocycles. The molecule has 2 N–H and O–H groups in total. The van der Waals surface area contributed by atoms with Gasteiger partial charge in [0.25, 0.3) is 5.91 Å². The molecule has 1 aromatic heterocycles. The van der Waals surface area contributed by atoms with Crippen LogP contribution in [0.3, 0.4) is 0 Å². The van der Waals surface area contributed by atoms with E-state index in [1.807, 2.05) is 29.2 Å². The van der Waals surface area contributed by atoms with Crippen molar-refractivity contribution in [1.29, 1.82) is 0 Å².